The van der Waals surface area contributed by atoms with Gasteiger partial charge >= 0.3 is 12.4 Å². The van der Waals surface area contributed by atoms with E-state index in [-0.39, 0.29) is 30.1 Å². The smallest absolute Gasteiger partial charge is 0.496 e. The molecular formula is C23H24F3N3O5. The molecule has 0 radical (unpaired) electrons. The van der Waals surface area contributed by atoms with Crippen LogP contribution in [0.25, 0.3) is 0 Å². The molecule has 1 saturated heterocycles. The van der Waals surface area contributed by atoms with Gasteiger partial charge in [-0.05, 0) is 41.8 Å². The van der Waals surface area contributed by atoms with Crippen LogP contribution in [0.5, 0.6) is 11.5 Å². The van der Waals surface area contributed by atoms with Crippen molar-refractivity contribution >= 4 is 29.2 Å². The Hall–Kier alpha value is -3.76. The molecule has 4 amide bonds. The van der Waals surface area contributed by atoms with Crippen LogP contribution in [0.4, 0.5) is 29.3 Å². The number of hydrogen-bond acceptors (Lipinski definition) is 5. The number of imide groups is 1. The Kier molecular flexibility index (Phi) is 6.76. The molecule has 1 aliphatic rings. The molecule has 2 aromatic carbocycles. The van der Waals surface area contributed by atoms with Crippen molar-refractivity contribution in [2.45, 2.75) is 39.0 Å². The van der Waals surface area contributed by atoms with E-state index in [0.717, 1.165) is 12.1 Å². The number of ether oxygens (including phenoxy) is 2. The number of alkyl halides is 3. The molecule has 11 heteroatoms. The van der Waals surface area contributed by atoms with Gasteiger partial charge in [-0.1, -0.05) is 20.8 Å². The van der Waals surface area contributed by atoms with Gasteiger partial charge in [0.15, 0.2) is 0 Å². The number of anilines is 2. The van der Waals surface area contributed by atoms with Crippen molar-refractivity contribution in [2.24, 2.45) is 0 Å². The number of rotatable bonds is 5. The lowest BCUT2D eigenvalue weighted by Crippen LogP contribution is -2.49. The summed E-state index contributed by atoms with van der Waals surface area (Å²) in [6.07, 6.45) is -4.72. The zero-order chi connectivity index (χ0) is 25.3. The summed E-state index contributed by atoms with van der Waals surface area (Å²) in [6, 6.07) is 7.29. The largest absolute Gasteiger partial charge is 0.573 e. The molecule has 0 unspecified atom stereocenters. The Bertz CT molecular complexity index is 1110. The van der Waals surface area contributed by atoms with Gasteiger partial charge < -0.3 is 14.8 Å². The predicted molar refractivity (Wildman–Crippen MR) is 118 cm³/mol. The Labute approximate surface area is 194 Å². The molecule has 0 spiro atoms. The molecule has 182 valence electrons. The number of carbonyl (C=O) groups excluding carboxylic acids is 3. The maximum Gasteiger partial charge on any atom is 0.573 e. The summed E-state index contributed by atoms with van der Waals surface area (Å²) >= 11 is 0. The summed E-state index contributed by atoms with van der Waals surface area (Å²) in [6.45, 7) is 5.88. The van der Waals surface area contributed by atoms with Crippen molar-refractivity contribution in [2.75, 3.05) is 23.9 Å². The second-order valence-corrected chi connectivity index (χ2v) is 8.61. The van der Waals surface area contributed by atoms with Crippen molar-refractivity contribution < 1.29 is 37.0 Å². The molecule has 0 bridgehead atoms. The van der Waals surface area contributed by atoms with Crippen LogP contribution in [-0.2, 0) is 10.2 Å². The van der Waals surface area contributed by atoms with E-state index in [1.54, 1.807) is 6.07 Å². The second kappa shape index (κ2) is 9.24. The number of carbonyl (C=O) groups is 3. The molecule has 0 atom stereocenters. The molecule has 0 aliphatic carbocycles. The topological polar surface area (TPSA) is 97.0 Å². The predicted octanol–water partition coefficient (Wildman–Crippen LogP) is 4.59. The monoisotopic (exact) mass is 479 g/mol. The lowest BCUT2D eigenvalue weighted by atomic mass is 9.84. The molecule has 0 aromatic heterocycles. The number of hydrogen-bond donors (Lipinski definition) is 2. The lowest BCUT2D eigenvalue weighted by molar-refractivity contribution is -0.274. The second-order valence-electron chi connectivity index (χ2n) is 8.61. The Morgan fingerprint density at radius 3 is 2.26 bits per heavy atom. The highest BCUT2D eigenvalue weighted by molar-refractivity contribution is 6.09. The number of amides is 4. The SMILES string of the molecule is COc1c(C(=O)Nc2ccc(OC(F)(F)F)cc2)cc(N2CCC(=O)NC2=O)cc1C(C)(C)C. The first-order chi connectivity index (χ1) is 15.8. The molecular weight excluding hydrogens is 455 g/mol. The van der Waals surface area contributed by atoms with E-state index < -0.39 is 29.5 Å². The highest BCUT2D eigenvalue weighted by atomic mass is 19.4. The van der Waals surface area contributed by atoms with Crippen molar-refractivity contribution in [1.29, 1.82) is 0 Å². The Morgan fingerprint density at radius 2 is 1.74 bits per heavy atom. The number of nitrogens with one attached hydrogen (secondary N) is 2. The van der Waals surface area contributed by atoms with E-state index in [4.69, 9.17) is 4.74 Å². The van der Waals surface area contributed by atoms with Crippen LogP contribution in [0.1, 0.15) is 43.1 Å². The zero-order valence-corrected chi connectivity index (χ0v) is 19.0. The minimum atomic E-state index is -4.83. The molecule has 8 nitrogen and oxygen atoms in total. The summed E-state index contributed by atoms with van der Waals surface area (Å²) in [5, 5.41) is 4.87. The van der Waals surface area contributed by atoms with Crippen LogP contribution >= 0.6 is 0 Å². The first kappa shape index (κ1) is 24.9. The van der Waals surface area contributed by atoms with Gasteiger partial charge in [-0.15, -0.1) is 13.2 Å². The van der Waals surface area contributed by atoms with E-state index in [0.29, 0.717) is 17.0 Å². The fourth-order valence-electron chi connectivity index (χ4n) is 3.46. The van der Waals surface area contributed by atoms with Gasteiger partial charge in [-0.3, -0.25) is 19.8 Å². The van der Waals surface area contributed by atoms with Crippen LogP contribution in [-0.4, -0.2) is 37.9 Å². The minimum absolute atomic E-state index is 0.108. The number of urea groups is 1. The van der Waals surface area contributed by atoms with Crippen molar-refractivity contribution in [1.82, 2.24) is 5.32 Å². The standard InChI is InChI=1S/C23H24F3N3O5/c1-22(2,3)17-12-14(29-10-9-18(30)28-21(29)32)11-16(19(17)33-4)20(31)27-13-5-7-15(8-6-13)34-23(24,25)26/h5-8,11-12H,9-10H2,1-4H3,(H,27,31)(H,28,30,32). The average molecular weight is 479 g/mol. The fraction of sp³-hybridized carbons (Fsp3) is 0.348. The van der Waals surface area contributed by atoms with Gasteiger partial charge in [0.05, 0.1) is 12.7 Å². The quantitative estimate of drug-likeness (QED) is 0.654. The molecule has 1 aliphatic heterocycles. The molecule has 1 heterocycles. The summed E-state index contributed by atoms with van der Waals surface area (Å²) in [7, 11) is 1.41. The third-order valence-corrected chi connectivity index (χ3v) is 5.04. The zero-order valence-electron chi connectivity index (χ0n) is 19.0. The summed E-state index contributed by atoms with van der Waals surface area (Å²) in [5.41, 5.74) is 0.914. The molecule has 0 saturated carbocycles. The maximum absolute atomic E-state index is 13.2. The van der Waals surface area contributed by atoms with Gasteiger partial charge in [0.25, 0.3) is 5.91 Å². The van der Waals surface area contributed by atoms with E-state index in [1.165, 1.54) is 30.2 Å². The number of benzene rings is 2. The van der Waals surface area contributed by atoms with E-state index >= 15 is 0 Å². The lowest BCUT2D eigenvalue weighted by Gasteiger charge is -2.30. The molecule has 2 aromatic rings. The highest BCUT2D eigenvalue weighted by Crippen LogP contribution is 2.38. The summed E-state index contributed by atoms with van der Waals surface area (Å²) < 4.78 is 46.5. The van der Waals surface area contributed by atoms with Crippen LogP contribution < -0.4 is 25.0 Å². The maximum atomic E-state index is 13.2. The Balaban J connectivity index is 1.97. The minimum Gasteiger partial charge on any atom is -0.496 e. The highest BCUT2D eigenvalue weighted by Gasteiger charge is 2.32. The van der Waals surface area contributed by atoms with Gasteiger partial charge in [0, 0.05) is 29.9 Å². The molecule has 2 N–H and O–H groups in total. The fourth-order valence-corrected chi connectivity index (χ4v) is 3.46. The average Bonchev–Trinajstić information content (AvgIpc) is 2.72. The van der Waals surface area contributed by atoms with Gasteiger partial charge in [-0.25, -0.2) is 4.79 Å². The Morgan fingerprint density at radius 1 is 1.09 bits per heavy atom. The van der Waals surface area contributed by atoms with Gasteiger partial charge in [0.1, 0.15) is 11.5 Å². The van der Waals surface area contributed by atoms with Crippen LogP contribution in [0.15, 0.2) is 36.4 Å². The van der Waals surface area contributed by atoms with Gasteiger partial charge in [0.2, 0.25) is 5.91 Å². The third-order valence-electron chi connectivity index (χ3n) is 5.04. The summed E-state index contributed by atoms with van der Waals surface area (Å²) in [5.74, 6) is -1.12. The van der Waals surface area contributed by atoms with E-state index in [9.17, 15) is 27.6 Å². The van der Waals surface area contributed by atoms with Gasteiger partial charge in [-0.2, -0.15) is 0 Å². The molecule has 1 fully saturated rings. The van der Waals surface area contributed by atoms with E-state index in [1.807, 2.05) is 20.8 Å². The van der Waals surface area contributed by atoms with Crippen molar-refractivity contribution in [3.05, 3.63) is 47.5 Å². The number of methoxy groups -OCH3 is 1. The summed E-state index contributed by atoms with van der Waals surface area (Å²) in [4.78, 5) is 38.5. The normalized spacial score (nSPS) is 14.5. The first-order valence-electron chi connectivity index (χ1n) is 10.3. The van der Waals surface area contributed by atoms with Crippen LogP contribution in [0, 0.1) is 0 Å². The number of halogens is 3. The molecule has 3 rings (SSSR count). The number of nitrogens with zero attached hydrogens (tertiary/aromatic N) is 1. The molecule has 34 heavy (non-hydrogen) atoms. The first-order valence-corrected chi connectivity index (χ1v) is 10.3. The van der Waals surface area contributed by atoms with Crippen molar-refractivity contribution in [3.8, 4) is 11.5 Å². The van der Waals surface area contributed by atoms with Crippen LogP contribution in [0.3, 0.4) is 0 Å². The van der Waals surface area contributed by atoms with Crippen molar-refractivity contribution in [3.63, 3.8) is 0 Å². The van der Waals surface area contributed by atoms with E-state index in [2.05, 4.69) is 15.4 Å². The third kappa shape index (κ3) is 5.77. The van der Waals surface area contributed by atoms with Crippen LogP contribution in [0.2, 0.25) is 0 Å².